The summed E-state index contributed by atoms with van der Waals surface area (Å²) in [5.41, 5.74) is 4.44. The van der Waals surface area contributed by atoms with Crippen LogP contribution in [0.3, 0.4) is 0 Å². The topological polar surface area (TPSA) is 55.2 Å². The molecule has 0 unspecified atom stereocenters. The van der Waals surface area contributed by atoms with Crippen molar-refractivity contribution in [3.05, 3.63) is 87.5 Å². The van der Waals surface area contributed by atoms with Crippen molar-refractivity contribution in [2.75, 3.05) is 38.2 Å². The Balaban J connectivity index is 1.31. The Morgan fingerprint density at radius 2 is 1.72 bits per heavy atom. The first kappa shape index (κ1) is 22.0. The third-order valence-corrected chi connectivity index (χ3v) is 5.93. The summed E-state index contributed by atoms with van der Waals surface area (Å²) in [5, 5.41) is 0. The lowest BCUT2D eigenvalue weighted by molar-refractivity contribution is 0.224. The highest BCUT2D eigenvalue weighted by molar-refractivity contribution is 5.49. The van der Waals surface area contributed by atoms with Crippen LogP contribution >= 0.6 is 0 Å². The van der Waals surface area contributed by atoms with Crippen LogP contribution in [0.2, 0.25) is 0 Å². The number of piperazine rings is 1. The van der Waals surface area contributed by atoms with Gasteiger partial charge in [-0.15, -0.1) is 0 Å². The Bertz CT molecular complexity index is 1100. The maximum Gasteiger partial charge on any atom is 0.227 e. The van der Waals surface area contributed by atoms with Gasteiger partial charge in [0.05, 0.1) is 13.7 Å². The number of anilines is 1. The van der Waals surface area contributed by atoms with Crippen molar-refractivity contribution in [1.29, 1.82) is 0 Å². The van der Waals surface area contributed by atoms with Gasteiger partial charge in [-0.1, -0.05) is 23.8 Å². The number of rotatable bonds is 7. The monoisotopic (exact) mass is 434 g/mol. The quantitative estimate of drug-likeness (QED) is 0.556. The third-order valence-electron chi connectivity index (χ3n) is 5.93. The van der Waals surface area contributed by atoms with E-state index in [4.69, 9.17) is 13.9 Å². The fourth-order valence-electron chi connectivity index (χ4n) is 3.92. The number of methoxy groups -OCH3 is 1. The molecule has 4 rings (SSSR count). The maximum absolute atomic E-state index is 12.5. The van der Waals surface area contributed by atoms with Gasteiger partial charge in [-0.25, -0.2) is 0 Å². The van der Waals surface area contributed by atoms with Crippen molar-refractivity contribution in [3.8, 4) is 11.5 Å². The molecule has 168 valence electrons. The van der Waals surface area contributed by atoms with Gasteiger partial charge in [-0.05, 0) is 49.2 Å². The molecule has 0 amide bonds. The molecule has 2 aromatic carbocycles. The van der Waals surface area contributed by atoms with Crippen molar-refractivity contribution in [3.63, 3.8) is 0 Å². The van der Waals surface area contributed by atoms with Crippen LogP contribution in [0.1, 0.15) is 22.5 Å². The van der Waals surface area contributed by atoms with Crippen molar-refractivity contribution in [2.24, 2.45) is 0 Å². The van der Waals surface area contributed by atoms with Gasteiger partial charge in [-0.2, -0.15) is 0 Å². The molecule has 0 saturated carbocycles. The van der Waals surface area contributed by atoms with E-state index in [1.54, 1.807) is 13.2 Å². The summed E-state index contributed by atoms with van der Waals surface area (Å²) in [6.07, 6.45) is 1.44. The molecule has 1 aliphatic rings. The van der Waals surface area contributed by atoms with Crippen molar-refractivity contribution in [2.45, 2.75) is 27.0 Å². The molecule has 6 nitrogen and oxygen atoms in total. The van der Waals surface area contributed by atoms with Crippen LogP contribution in [0.5, 0.6) is 11.5 Å². The van der Waals surface area contributed by atoms with Crippen molar-refractivity contribution < 1.29 is 13.9 Å². The summed E-state index contributed by atoms with van der Waals surface area (Å²) in [5.74, 6) is 1.77. The molecule has 1 fully saturated rings. The standard InChI is InChI=1S/C26H30N2O4/c1-19-4-5-20(2)21(14-19)17-32-26-18-31-24(15-25(26)29)16-27-10-12-28(13-11-27)22-6-8-23(30-3)9-7-22/h4-9,14-15,18H,10-13,16-17H2,1-3H3. The maximum atomic E-state index is 12.5. The zero-order valence-electron chi connectivity index (χ0n) is 19.0. The van der Waals surface area contributed by atoms with Gasteiger partial charge in [0, 0.05) is 37.9 Å². The van der Waals surface area contributed by atoms with E-state index in [2.05, 4.69) is 40.1 Å². The second-order valence-electron chi connectivity index (χ2n) is 8.25. The molecule has 0 aliphatic carbocycles. The lowest BCUT2D eigenvalue weighted by Crippen LogP contribution is -2.46. The van der Waals surface area contributed by atoms with E-state index in [0.717, 1.165) is 43.1 Å². The molecule has 0 radical (unpaired) electrons. The second kappa shape index (κ2) is 9.92. The highest BCUT2D eigenvalue weighted by atomic mass is 16.5. The lowest BCUT2D eigenvalue weighted by Gasteiger charge is -2.35. The minimum absolute atomic E-state index is 0.145. The number of aryl methyl sites for hydroxylation is 2. The Morgan fingerprint density at radius 3 is 2.41 bits per heavy atom. The van der Waals surface area contributed by atoms with E-state index < -0.39 is 0 Å². The number of nitrogens with zero attached hydrogens (tertiary/aromatic N) is 2. The fraction of sp³-hybridized carbons (Fsp3) is 0.346. The van der Waals surface area contributed by atoms with Gasteiger partial charge in [0.2, 0.25) is 11.2 Å². The van der Waals surface area contributed by atoms with Crippen LogP contribution in [0.4, 0.5) is 5.69 Å². The van der Waals surface area contributed by atoms with E-state index in [1.807, 2.05) is 26.0 Å². The summed E-state index contributed by atoms with van der Waals surface area (Å²) < 4.78 is 16.7. The zero-order valence-corrected chi connectivity index (χ0v) is 19.0. The summed E-state index contributed by atoms with van der Waals surface area (Å²) >= 11 is 0. The summed E-state index contributed by atoms with van der Waals surface area (Å²) in [4.78, 5) is 17.2. The SMILES string of the molecule is COc1ccc(N2CCN(Cc3cc(=O)c(OCc4cc(C)ccc4C)co3)CC2)cc1. The molecule has 2 heterocycles. The molecule has 0 bridgehead atoms. The highest BCUT2D eigenvalue weighted by Crippen LogP contribution is 2.21. The first-order chi connectivity index (χ1) is 15.5. The van der Waals surface area contributed by atoms with Crippen molar-refractivity contribution >= 4 is 5.69 Å². The Hall–Kier alpha value is -3.25. The minimum atomic E-state index is -0.145. The Kier molecular flexibility index (Phi) is 6.81. The van der Waals surface area contributed by atoms with Crippen LogP contribution < -0.4 is 19.8 Å². The van der Waals surface area contributed by atoms with E-state index >= 15 is 0 Å². The normalized spacial score (nSPS) is 14.4. The summed E-state index contributed by atoms with van der Waals surface area (Å²) in [7, 11) is 1.68. The smallest absolute Gasteiger partial charge is 0.227 e. The summed E-state index contributed by atoms with van der Waals surface area (Å²) in [6.45, 7) is 8.71. The van der Waals surface area contributed by atoms with Gasteiger partial charge >= 0.3 is 0 Å². The Labute approximate surface area is 189 Å². The van der Waals surface area contributed by atoms with Crippen LogP contribution in [0.25, 0.3) is 0 Å². The van der Waals surface area contributed by atoms with E-state index in [9.17, 15) is 4.79 Å². The van der Waals surface area contributed by atoms with Crippen LogP contribution in [-0.2, 0) is 13.2 Å². The zero-order chi connectivity index (χ0) is 22.5. The minimum Gasteiger partial charge on any atom is -0.497 e. The average Bonchev–Trinajstić information content (AvgIpc) is 2.81. The molecule has 0 spiro atoms. The summed E-state index contributed by atoms with van der Waals surface area (Å²) in [6, 6.07) is 15.9. The molecule has 32 heavy (non-hydrogen) atoms. The third kappa shape index (κ3) is 5.32. The lowest BCUT2D eigenvalue weighted by atomic mass is 10.1. The van der Waals surface area contributed by atoms with Gasteiger partial charge in [-0.3, -0.25) is 9.69 Å². The van der Waals surface area contributed by atoms with Gasteiger partial charge < -0.3 is 18.8 Å². The van der Waals surface area contributed by atoms with Gasteiger partial charge in [0.1, 0.15) is 24.4 Å². The Morgan fingerprint density at radius 1 is 0.969 bits per heavy atom. The molecule has 1 aromatic heterocycles. The molecule has 1 saturated heterocycles. The molecule has 6 heteroatoms. The van der Waals surface area contributed by atoms with Crippen LogP contribution in [0.15, 0.2) is 64.0 Å². The predicted molar refractivity (Wildman–Crippen MR) is 126 cm³/mol. The van der Waals surface area contributed by atoms with Crippen molar-refractivity contribution in [1.82, 2.24) is 4.90 Å². The highest BCUT2D eigenvalue weighted by Gasteiger charge is 2.18. The van der Waals surface area contributed by atoms with Gasteiger partial charge in [0.15, 0.2) is 0 Å². The molecule has 3 aromatic rings. The predicted octanol–water partition coefficient (Wildman–Crippen LogP) is 4.17. The first-order valence-corrected chi connectivity index (χ1v) is 10.9. The van der Waals surface area contributed by atoms with E-state index in [0.29, 0.717) is 18.9 Å². The number of hydrogen-bond donors (Lipinski definition) is 0. The number of hydrogen-bond acceptors (Lipinski definition) is 6. The van der Waals surface area contributed by atoms with Crippen LogP contribution in [-0.4, -0.2) is 38.2 Å². The molecular weight excluding hydrogens is 404 g/mol. The van der Waals surface area contributed by atoms with E-state index in [1.165, 1.54) is 17.5 Å². The number of ether oxygens (including phenoxy) is 2. The molecule has 1 aliphatic heterocycles. The molecular formula is C26H30N2O4. The molecule has 0 atom stereocenters. The fourth-order valence-corrected chi connectivity index (χ4v) is 3.92. The largest absolute Gasteiger partial charge is 0.497 e. The first-order valence-electron chi connectivity index (χ1n) is 10.9. The van der Waals surface area contributed by atoms with E-state index in [-0.39, 0.29) is 11.2 Å². The van der Waals surface area contributed by atoms with Crippen LogP contribution in [0, 0.1) is 13.8 Å². The van der Waals surface area contributed by atoms with Gasteiger partial charge in [0.25, 0.3) is 0 Å². The number of benzene rings is 2. The second-order valence-corrected chi connectivity index (χ2v) is 8.25. The average molecular weight is 435 g/mol. The molecule has 0 N–H and O–H groups in total.